The number of benzene rings is 1. The first-order chi connectivity index (χ1) is 8.90. The molecule has 0 saturated heterocycles. The SMILES string of the molecule is CNC[C@@H]1CCOc2c(-c3cnco3)cccc21. The van der Waals surface area contributed by atoms with Crippen LogP contribution in [0.5, 0.6) is 5.75 Å². The molecule has 0 unspecified atom stereocenters. The first kappa shape index (κ1) is 11.3. The van der Waals surface area contributed by atoms with E-state index >= 15 is 0 Å². The molecule has 2 heterocycles. The monoisotopic (exact) mass is 244 g/mol. The van der Waals surface area contributed by atoms with E-state index in [4.69, 9.17) is 9.15 Å². The van der Waals surface area contributed by atoms with Gasteiger partial charge in [0, 0.05) is 12.5 Å². The van der Waals surface area contributed by atoms with Gasteiger partial charge in [0.2, 0.25) is 0 Å². The van der Waals surface area contributed by atoms with Crippen LogP contribution in [-0.2, 0) is 0 Å². The zero-order valence-electron chi connectivity index (χ0n) is 10.3. The quantitative estimate of drug-likeness (QED) is 0.900. The molecule has 94 valence electrons. The van der Waals surface area contributed by atoms with Gasteiger partial charge in [0.05, 0.1) is 18.4 Å². The lowest BCUT2D eigenvalue weighted by molar-refractivity contribution is 0.266. The molecule has 0 aliphatic carbocycles. The van der Waals surface area contributed by atoms with Gasteiger partial charge in [-0.2, -0.15) is 0 Å². The van der Waals surface area contributed by atoms with Gasteiger partial charge in [-0.05, 0) is 25.1 Å². The fraction of sp³-hybridized carbons (Fsp3) is 0.357. The summed E-state index contributed by atoms with van der Waals surface area (Å²) in [5.41, 5.74) is 2.25. The molecule has 1 aliphatic heterocycles. The highest BCUT2D eigenvalue weighted by molar-refractivity contribution is 5.68. The molecule has 2 aromatic rings. The molecule has 3 rings (SSSR count). The van der Waals surface area contributed by atoms with Gasteiger partial charge in [-0.25, -0.2) is 4.98 Å². The van der Waals surface area contributed by atoms with E-state index in [0.29, 0.717) is 5.92 Å². The number of aromatic nitrogens is 1. The summed E-state index contributed by atoms with van der Waals surface area (Å²) >= 11 is 0. The van der Waals surface area contributed by atoms with Crippen LogP contribution >= 0.6 is 0 Å². The number of likely N-dealkylation sites (N-methyl/N-ethyl adjacent to an activating group) is 1. The second-order valence-corrected chi connectivity index (χ2v) is 4.48. The van der Waals surface area contributed by atoms with Crippen molar-refractivity contribution in [1.82, 2.24) is 10.3 Å². The molecule has 1 aromatic heterocycles. The van der Waals surface area contributed by atoms with Crippen LogP contribution in [0.25, 0.3) is 11.3 Å². The summed E-state index contributed by atoms with van der Waals surface area (Å²) in [6.45, 7) is 1.72. The zero-order chi connectivity index (χ0) is 12.4. The van der Waals surface area contributed by atoms with Gasteiger partial charge in [0.15, 0.2) is 12.2 Å². The molecule has 4 heteroatoms. The number of fused-ring (bicyclic) bond motifs is 1. The fourth-order valence-electron chi connectivity index (χ4n) is 2.50. The van der Waals surface area contributed by atoms with Crippen LogP contribution in [0.2, 0.25) is 0 Å². The first-order valence-electron chi connectivity index (χ1n) is 6.19. The lowest BCUT2D eigenvalue weighted by Crippen LogP contribution is -2.23. The molecule has 0 spiro atoms. The molecular weight excluding hydrogens is 228 g/mol. The maximum Gasteiger partial charge on any atom is 0.181 e. The van der Waals surface area contributed by atoms with E-state index < -0.39 is 0 Å². The Kier molecular flexibility index (Phi) is 3.02. The van der Waals surface area contributed by atoms with Crippen molar-refractivity contribution < 1.29 is 9.15 Å². The molecule has 0 bridgehead atoms. The number of nitrogens with one attached hydrogen (secondary N) is 1. The Bertz CT molecular complexity index is 523. The van der Waals surface area contributed by atoms with Crippen LogP contribution in [0.4, 0.5) is 0 Å². The minimum atomic E-state index is 0.502. The molecule has 1 atom stereocenters. The fourth-order valence-corrected chi connectivity index (χ4v) is 2.50. The highest BCUT2D eigenvalue weighted by Crippen LogP contribution is 2.40. The normalized spacial score (nSPS) is 18.2. The molecular formula is C14H16N2O2. The van der Waals surface area contributed by atoms with E-state index in [-0.39, 0.29) is 0 Å². The van der Waals surface area contributed by atoms with Crippen LogP contribution in [-0.4, -0.2) is 25.2 Å². The smallest absolute Gasteiger partial charge is 0.181 e. The summed E-state index contributed by atoms with van der Waals surface area (Å²) in [7, 11) is 1.98. The van der Waals surface area contributed by atoms with Gasteiger partial charge in [0.25, 0.3) is 0 Å². The van der Waals surface area contributed by atoms with E-state index in [1.54, 1.807) is 6.20 Å². The van der Waals surface area contributed by atoms with Crippen molar-refractivity contribution >= 4 is 0 Å². The number of nitrogens with zero attached hydrogens (tertiary/aromatic N) is 1. The molecule has 1 aromatic carbocycles. The zero-order valence-corrected chi connectivity index (χ0v) is 10.3. The Morgan fingerprint density at radius 3 is 3.17 bits per heavy atom. The van der Waals surface area contributed by atoms with Gasteiger partial charge in [-0.3, -0.25) is 0 Å². The van der Waals surface area contributed by atoms with E-state index in [9.17, 15) is 0 Å². The number of rotatable bonds is 3. The molecule has 4 nitrogen and oxygen atoms in total. The number of para-hydroxylation sites is 1. The lowest BCUT2D eigenvalue weighted by atomic mass is 9.91. The van der Waals surface area contributed by atoms with Crippen molar-refractivity contribution in [1.29, 1.82) is 0 Å². The third-order valence-corrected chi connectivity index (χ3v) is 3.35. The van der Waals surface area contributed by atoms with Crippen LogP contribution in [0.15, 0.2) is 35.2 Å². The highest BCUT2D eigenvalue weighted by atomic mass is 16.5. The molecule has 0 radical (unpaired) electrons. The average molecular weight is 244 g/mol. The standard InChI is InChI=1S/C14H16N2O2/c1-15-7-10-5-6-17-14-11(10)3-2-4-12(14)13-8-16-9-18-13/h2-4,8-10,15H,5-7H2,1H3/t10-/m0/s1. The Balaban J connectivity index is 2.06. The summed E-state index contributed by atoms with van der Waals surface area (Å²) in [5, 5.41) is 3.24. The average Bonchev–Trinajstić information content (AvgIpc) is 2.93. The lowest BCUT2D eigenvalue weighted by Gasteiger charge is -2.27. The minimum absolute atomic E-state index is 0.502. The molecule has 0 amide bonds. The van der Waals surface area contributed by atoms with Crippen molar-refractivity contribution in [3.63, 3.8) is 0 Å². The molecule has 0 fully saturated rings. The second-order valence-electron chi connectivity index (χ2n) is 4.48. The van der Waals surface area contributed by atoms with Crippen molar-refractivity contribution in [2.75, 3.05) is 20.2 Å². The van der Waals surface area contributed by atoms with Gasteiger partial charge >= 0.3 is 0 Å². The largest absolute Gasteiger partial charge is 0.492 e. The second kappa shape index (κ2) is 4.82. The van der Waals surface area contributed by atoms with Crippen LogP contribution < -0.4 is 10.1 Å². The van der Waals surface area contributed by atoms with E-state index in [2.05, 4.69) is 16.4 Å². The van der Waals surface area contributed by atoms with E-state index in [0.717, 1.165) is 36.6 Å². The number of hydrogen-bond acceptors (Lipinski definition) is 4. The number of hydrogen-bond donors (Lipinski definition) is 1. The Morgan fingerprint density at radius 2 is 2.39 bits per heavy atom. The number of oxazole rings is 1. The maximum absolute atomic E-state index is 5.84. The van der Waals surface area contributed by atoms with Gasteiger partial charge in [0.1, 0.15) is 5.75 Å². The molecule has 18 heavy (non-hydrogen) atoms. The summed E-state index contributed by atoms with van der Waals surface area (Å²) in [4.78, 5) is 3.97. The van der Waals surface area contributed by atoms with E-state index in [1.807, 2.05) is 19.2 Å². The van der Waals surface area contributed by atoms with Gasteiger partial charge in [-0.15, -0.1) is 0 Å². The van der Waals surface area contributed by atoms with E-state index in [1.165, 1.54) is 12.0 Å². The van der Waals surface area contributed by atoms with Crippen molar-refractivity contribution in [3.8, 4) is 17.1 Å². The summed E-state index contributed by atoms with van der Waals surface area (Å²) in [6, 6.07) is 6.20. The van der Waals surface area contributed by atoms with Crippen LogP contribution in [0, 0.1) is 0 Å². The van der Waals surface area contributed by atoms with Crippen LogP contribution in [0.1, 0.15) is 17.9 Å². The van der Waals surface area contributed by atoms with Gasteiger partial charge < -0.3 is 14.5 Å². The third-order valence-electron chi connectivity index (χ3n) is 3.35. The predicted octanol–water partition coefficient (Wildman–Crippen LogP) is 2.43. The third kappa shape index (κ3) is 1.88. The molecule has 1 aliphatic rings. The van der Waals surface area contributed by atoms with Gasteiger partial charge in [-0.1, -0.05) is 12.1 Å². The van der Waals surface area contributed by atoms with Crippen molar-refractivity contribution in [2.45, 2.75) is 12.3 Å². The Morgan fingerprint density at radius 1 is 1.44 bits per heavy atom. The first-order valence-corrected chi connectivity index (χ1v) is 6.19. The number of ether oxygens (including phenoxy) is 1. The molecule has 1 N–H and O–H groups in total. The topological polar surface area (TPSA) is 47.3 Å². The Hall–Kier alpha value is -1.81. The summed E-state index contributed by atoms with van der Waals surface area (Å²) in [6.07, 6.45) is 4.22. The molecule has 0 saturated carbocycles. The summed E-state index contributed by atoms with van der Waals surface area (Å²) < 4.78 is 11.2. The summed E-state index contributed by atoms with van der Waals surface area (Å²) in [5.74, 6) is 2.21. The Labute approximate surface area is 106 Å². The van der Waals surface area contributed by atoms with Crippen LogP contribution in [0.3, 0.4) is 0 Å². The van der Waals surface area contributed by atoms with Crippen molar-refractivity contribution in [3.05, 3.63) is 36.4 Å². The predicted molar refractivity (Wildman–Crippen MR) is 68.7 cm³/mol. The minimum Gasteiger partial charge on any atom is -0.492 e. The maximum atomic E-state index is 5.84. The highest BCUT2D eigenvalue weighted by Gasteiger charge is 2.24. The van der Waals surface area contributed by atoms with Crippen molar-refractivity contribution in [2.24, 2.45) is 0 Å².